The van der Waals surface area contributed by atoms with Crippen molar-refractivity contribution < 1.29 is 4.79 Å². The Bertz CT molecular complexity index is 601. The largest absolute Gasteiger partial charge is 0.399 e. The molecule has 21 heavy (non-hydrogen) atoms. The van der Waals surface area contributed by atoms with Gasteiger partial charge in [-0.1, -0.05) is 23.7 Å². The number of nitrogens with one attached hydrogen (secondary N) is 1. The van der Waals surface area contributed by atoms with E-state index in [0.717, 1.165) is 27.8 Å². The van der Waals surface area contributed by atoms with Crippen molar-refractivity contribution in [2.45, 2.75) is 17.7 Å². The summed E-state index contributed by atoms with van der Waals surface area (Å²) in [4.78, 5) is 12.9. The van der Waals surface area contributed by atoms with Gasteiger partial charge in [0, 0.05) is 22.7 Å². The molecular weight excluding hydrogens is 304 g/mol. The number of carbonyl (C=O) groups is 1. The molecule has 0 aliphatic heterocycles. The molecule has 110 valence electrons. The maximum Gasteiger partial charge on any atom is 0.224 e. The molecule has 0 saturated carbocycles. The van der Waals surface area contributed by atoms with Crippen LogP contribution in [0.3, 0.4) is 0 Å². The van der Waals surface area contributed by atoms with Crippen LogP contribution in [0.15, 0.2) is 53.4 Å². The van der Waals surface area contributed by atoms with Gasteiger partial charge in [0.2, 0.25) is 5.91 Å². The Kier molecular flexibility index (Phi) is 5.96. The zero-order valence-electron chi connectivity index (χ0n) is 11.5. The molecule has 0 aromatic heterocycles. The number of carbonyl (C=O) groups excluding carboxylic acids is 1. The van der Waals surface area contributed by atoms with Crippen molar-refractivity contribution in [2.75, 3.05) is 16.8 Å². The van der Waals surface area contributed by atoms with Gasteiger partial charge in [0.15, 0.2) is 0 Å². The van der Waals surface area contributed by atoms with Crippen molar-refractivity contribution in [3.05, 3.63) is 53.6 Å². The van der Waals surface area contributed by atoms with Crippen LogP contribution in [-0.2, 0) is 4.79 Å². The summed E-state index contributed by atoms with van der Waals surface area (Å²) in [5, 5.41) is 3.61. The van der Waals surface area contributed by atoms with E-state index in [9.17, 15) is 4.79 Å². The summed E-state index contributed by atoms with van der Waals surface area (Å²) in [5.41, 5.74) is 7.05. The zero-order valence-corrected chi connectivity index (χ0v) is 13.1. The average molecular weight is 321 g/mol. The Labute approximate surface area is 133 Å². The molecular formula is C16H17ClN2OS. The predicted molar refractivity (Wildman–Crippen MR) is 90.9 cm³/mol. The molecule has 1 amide bonds. The Balaban J connectivity index is 1.70. The second kappa shape index (κ2) is 7.96. The minimum Gasteiger partial charge on any atom is -0.399 e. The van der Waals surface area contributed by atoms with Crippen LogP contribution in [0, 0.1) is 0 Å². The molecule has 3 nitrogen and oxygen atoms in total. The molecule has 0 atom stereocenters. The lowest BCUT2D eigenvalue weighted by Gasteiger charge is -2.06. The van der Waals surface area contributed by atoms with Crippen LogP contribution in [0.1, 0.15) is 12.8 Å². The number of nitrogens with two attached hydrogens (primary N) is 1. The molecule has 0 heterocycles. The number of hydrogen-bond donors (Lipinski definition) is 2. The molecule has 2 aromatic rings. The summed E-state index contributed by atoms with van der Waals surface area (Å²) in [6.45, 7) is 0. The van der Waals surface area contributed by atoms with Crippen LogP contribution in [0.4, 0.5) is 11.4 Å². The van der Waals surface area contributed by atoms with E-state index in [1.165, 1.54) is 0 Å². The predicted octanol–water partition coefficient (Wildman–Crippen LogP) is 4.43. The second-order valence-electron chi connectivity index (χ2n) is 4.55. The summed E-state index contributed by atoms with van der Waals surface area (Å²) in [6.07, 6.45) is 1.29. The normalized spacial score (nSPS) is 10.3. The number of benzene rings is 2. The van der Waals surface area contributed by atoms with Crippen LogP contribution in [-0.4, -0.2) is 11.7 Å². The summed E-state index contributed by atoms with van der Waals surface area (Å²) < 4.78 is 0. The highest BCUT2D eigenvalue weighted by Gasteiger charge is 2.04. The van der Waals surface area contributed by atoms with Gasteiger partial charge in [-0.3, -0.25) is 4.79 Å². The van der Waals surface area contributed by atoms with Crippen molar-refractivity contribution in [1.29, 1.82) is 0 Å². The number of anilines is 2. The van der Waals surface area contributed by atoms with E-state index in [0.29, 0.717) is 12.1 Å². The molecule has 0 radical (unpaired) electrons. The minimum absolute atomic E-state index is 0.0135. The topological polar surface area (TPSA) is 55.1 Å². The maximum absolute atomic E-state index is 11.8. The van der Waals surface area contributed by atoms with Crippen LogP contribution >= 0.6 is 23.4 Å². The Morgan fingerprint density at radius 3 is 2.57 bits per heavy atom. The maximum atomic E-state index is 11.8. The van der Waals surface area contributed by atoms with Crippen molar-refractivity contribution in [3.63, 3.8) is 0 Å². The number of hydrogen-bond acceptors (Lipinski definition) is 3. The first-order valence-electron chi connectivity index (χ1n) is 6.68. The van der Waals surface area contributed by atoms with Crippen molar-refractivity contribution in [3.8, 4) is 0 Å². The highest BCUT2D eigenvalue weighted by molar-refractivity contribution is 7.99. The van der Waals surface area contributed by atoms with Gasteiger partial charge in [-0.2, -0.15) is 0 Å². The molecule has 0 unspecified atom stereocenters. The third-order valence-electron chi connectivity index (χ3n) is 2.84. The quantitative estimate of drug-likeness (QED) is 0.470. The van der Waals surface area contributed by atoms with Crippen molar-refractivity contribution in [1.82, 2.24) is 0 Å². The van der Waals surface area contributed by atoms with Crippen LogP contribution in [0.25, 0.3) is 0 Å². The third-order valence-corrected chi connectivity index (χ3v) is 4.44. The van der Waals surface area contributed by atoms with Crippen LogP contribution in [0.5, 0.6) is 0 Å². The first kappa shape index (κ1) is 15.7. The molecule has 0 spiro atoms. The third kappa shape index (κ3) is 5.33. The number of nitrogen functional groups attached to an aromatic ring is 1. The van der Waals surface area contributed by atoms with E-state index in [4.69, 9.17) is 17.3 Å². The van der Waals surface area contributed by atoms with Gasteiger partial charge in [0.1, 0.15) is 0 Å². The minimum atomic E-state index is 0.0135. The van der Waals surface area contributed by atoms with E-state index < -0.39 is 0 Å². The van der Waals surface area contributed by atoms with Gasteiger partial charge >= 0.3 is 0 Å². The Morgan fingerprint density at radius 1 is 1.14 bits per heavy atom. The Morgan fingerprint density at radius 2 is 1.86 bits per heavy atom. The number of thioether (sulfide) groups is 1. The molecule has 0 saturated heterocycles. The molecule has 2 rings (SSSR count). The summed E-state index contributed by atoms with van der Waals surface area (Å²) in [6, 6.07) is 14.9. The van der Waals surface area contributed by atoms with Crippen molar-refractivity contribution in [2.24, 2.45) is 0 Å². The van der Waals surface area contributed by atoms with Gasteiger partial charge < -0.3 is 11.1 Å². The summed E-state index contributed by atoms with van der Waals surface area (Å²) in [5.74, 6) is 0.873. The van der Waals surface area contributed by atoms with Gasteiger partial charge in [-0.15, -0.1) is 11.8 Å². The molecule has 5 heteroatoms. The van der Waals surface area contributed by atoms with E-state index >= 15 is 0 Å². The van der Waals surface area contributed by atoms with Gasteiger partial charge in [0.25, 0.3) is 0 Å². The number of amides is 1. The van der Waals surface area contributed by atoms with Crippen LogP contribution < -0.4 is 11.1 Å². The van der Waals surface area contributed by atoms with Crippen LogP contribution in [0.2, 0.25) is 5.02 Å². The fourth-order valence-electron chi connectivity index (χ4n) is 1.77. The molecule has 0 fully saturated rings. The lowest BCUT2D eigenvalue weighted by molar-refractivity contribution is -0.116. The van der Waals surface area contributed by atoms with E-state index in [1.807, 2.05) is 24.3 Å². The monoisotopic (exact) mass is 320 g/mol. The number of rotatable bonds is 6. The standard InChI is InChI=1S/C16H17ClN2OS/c17-14-4-1-2-5-15(14)21-11-3-6-16(20)19-13-9-7-12(18)8-10-13/h1-2,4-5,7-10H,3,6,11,18H2,(H,19,20). The van der Waals surface area contributed by atoms with E-state index in [-0.39, 0.29) is 5.91 Å². The molecule has 0 aliphatic carbocycles. The van der Waals surface area contributed by atoms with E-state index in [1.54, 1.807) is 36.0 Å². The summed E-state index contributed by atoms with van der Waals surface area (Å²) >= 11 is 7.74. The first-order valence-corrected chi connectivity index (χ1v) is 8.04. The summed E-state index contributed by atoms with van der Waals surface area (Å²) in [7, 11) is 0. The van der Waals surface area contributed by atoms with E-state index in [2.05, 4.69) is 5.32 Å². The van der Waals surface area contributed by atoms with Gasteiger partial charge in [0.05, 0.1) is 5.02 Å². The lowest BCUT2D eigenvalue weighted by atomic mass is 10.2. The molecule has 0 aliphatic rings. The Hall–Kier alpha value is -1.65. The average Bonchev–Trinajstić information content (AvgIpc) is 2.48. The molecule has 3 N–H and O–H groups in total. The fraction of sp³-hybridized carbons (Fsp3) is 0.188. The SMILES string of the molecule is Nc1ccc(NC(=O)CCCSc2ccccc2Cl)cc1. The zero-order chi connectivity index (χ0) is 15.1. The molecule has 2 aromatic carbocycles. The second-order valence-corrected chi connectivity index (χ2v) is 6.10. The smallest absolute Gasteiger partial charge is 0.224 e. The molecule has 0 bridgehead atoms. The highest BCUT2D eigenvalue weighted by atomic mass is 35.5. The fourth-order valence-corrected chi connectivity index (χ4v) is 2.96. The van der Waals surface area contributed by atoms with Gasteiger partial charge in [-0.05, 0) is 48.6 Å². The first-order chi connectivity index (χ1) is 10.1. The van der Waals surface area contributed by atoms with Crippen molar-refractivity contribution >= 4 is 40.6 Å². The van der Waals surface area contributed by atoms with Gasteiger partial charge in [-0.25, -0.2) is 0 Å². The lowest BCUT2D eigenvalue weighted by Crippen LogP contribution is -2.11. The highest BCUT2D eigenvalue weighted by Crippen LogP contribution is 2.27. The number of halogens is 1.